The van der Waals surface area contributed by atoms with E-state index in [0.29, 0.717) is 5.69 Å². The van der Waals surface area contributed by atoms with E-state index in [9.17, 15) is 13.6 Å². The Balaban J connectivity index is 2.25. The maximum Gasteiger partial charge on any atom is 0.255 e. The topological polar surface area (TPSA) is 29.1 Å². The quantitative estimate of drug-likeness (QED) is 0.874. The van der Waals surface area contributed by atoms with Crippen LogP contribution < -0.4 is 5.32 Å². The Morgan fingerprint density at radius 2 is 1.63 bits per heavy atom. The van der Waals surface area contributed by atoms with Gasteiger partial charge in [-0.2, -0.15) is 0 Å². The van der Waals surface area contributed by atoms with Crippen LogP contribution in [0, 0.1) is 25.5 Å². The summed E-state index contributed by atoms with van der Waals surface area (Å²) in [7, 11) is 0. The van der Waals surface area contributed by atoms with Crippen molar-refractivity contribution < 1.29 is 13.6 Å². The number of carbonyl (C=O) groups excluding carboxylic acids is 1. The van der Waals surface area contributed by atoms with Crippen LogP contribution in [-0.2, 0) is 0 Å². The number of hydrogen-bond donors (Lipinski definition) is 1. The van der Waals surface area contributed by atoms with Crippen molar-refractivity contribution in [3.8, 4) is 0 Å². The first-order valence-corrected chi connectivity index (χ1v) is 5.80. The van der Waals surface area contributed by atoms with E-state index < -0.39 is 17.5 Å². The van der Waals surface area contributed by atoms with Gasteiger partial charge in [0, 0.05) is 17.3 Å². The third kappa shape index (κ3) is 3.16. The molecule has 0 aromatic heterocycles. The molecule has 0 fully saturated rings. The van der Waals surface area contributed by atoms with E-state index in [1.807, 2.05) is 26.0 Å². The van der Waals surface area contributed by atoms with Gasteiger partial charge in [-0.3, -0.25) is 4.79 Å². The third-order valence-corrected chi connectivity index (χ3v) is 2.75. The summed E-state index contributed by atoms with van der Waals surface area (Å²) in [6, 6.07) is 8.27. The van der Waals surface area contributed by atoms with E-state index in [1.165, 1.54) is 0 Å². The van der Waals surface area contributed by atoms with Crippen LogP contribution in [0.15, 0.2) is 36.4 Å². The van der Waals surface area contributed by atoms with Crippen molar-refractivity contribution >= 4 is 11.6 Å². The summed E-state index contributed by atoms with van der Waals surface area (Å²) in [6.45, 7) is 3.80. The fraction of sp³-hybridized carbons (Fsp3) is 0.133. The minimum atomic E-state index is -0.772. The van der Waals surface area contributed by atoms with Gasteiger partial charge in [0.25, 0.3) is 5.91 Å². The lowest BCUT2D eigenvalue weighted by Crippen LogP contribution is -2.13. The fourth-order valence-corrected chi connectivity index (χ4v) is 1.83. The maximum atomic E-state index is 13.0. The molecule has 0 aliphatic carbocycles. The van der Waals surface area contributed by atoms with Gasteiger partial charge in [-0.15, -0.1) is 0 Å². The minimum absolute atomic E-state index is 0.0440. The Morgan fingerprint density at radius 3 is 2.21 bits per heavy atom. The van der Waals surface area contributed by atoms with Gasteiger partial charge in [-0.1, -0.05) is 17.7 Å². The second-order valence-corrected chi connectivity index (χ2v) is 4.43. The highest BCUT2D eigenvalue weighted by atomic mass is 19.1. The van der Waals surface area contributed by atoms with Crippen LogP contribution in [0.5, 0.6) is 0 Å². The predicted octanol–water partition coefficient (Wildman–Crippen LogP) is 3.83. The van der Waals surface area contributed by atoms with Gasteiger partial charge in [0.15, 0.2) is 0 Å². The van der Waals surface area contributed by atoms with Crippen LogP contribution >= 0.6 is 0 Å². The molecule has 98 valence electrons. The smallest absolute Gasteiger partial charge is 0.255 e. The number of benzene rings is 2. The molecule has 0 spiro atoms. The number of anilines is 1. The number of nitrogens with one attached hydrogen (secondary N) is 1. The summed E-state index contributed by atoms with van der Waals surface area (Å²) < 4.78 is 26.1. The van der Waals surface area contributed by atoms with Gasteiger partial charge in [-0.05, 0) is 37.6 Å². The molecule has 4 heteroatoms. The van der Waals surface area contributed by atoms with E-state index in [2.05, 4.69) is 5.32 Å². The highest BCUT2D eigenvalue weighted by Gasteiger charge is 2.10. The summed E-state index contributed by atoms with van der Waals surface area (Å²) in [5.41, 5.74) is 2.55. The van der Waals surface area contributed by atoms with Crippen molar-refractivity contribution in [2.24, 2.45) is 0 Å². The molecular weight excluding hydrogens is 248 g/mol. The summed E-state index contributed by atoms with van der Waals surface area (Å²) in [6.07, 6.45) is 0. The second-order valence-electron chi connectivity index (χ2n) is 4.43. The van der Waals surface area contributed by atoms with E-state index in [1.54, 1.807) is 6.07 Å². The molecule has 0 aliphatic rings. The normalized spacial score (nSPS) is 10.3. The Morgan fingerprint density at radius 1 is 1.00 bits per heavy atom. The third-order valence-electron chi connectivity index (χ3n) is 2.75. The summed E-state index contributed by atoms with van der Waals surface area (Å²) >= 11 is 0. The van der Waals surface area contributed by atoms with E-state index >= 15 is 0 Å². The molecule has 2 aromatic rings. The number of carbonyl (C=O) groups is 1. The minimum Gasteiger partial charge on any atom is -0.322 e. The zero-order chi connectivity index (χ0) is 14.0. The average Bonchev–Trinajstić information content (AvgIpc) is 2.31. The molecule has 0 aliphatic heterocycles. The number of aryl methyl sites for hydroxylation is 2. The summed E-state index contributed by atoms with van der Waals surface area (Å²) in [5, 5.41) is 2.64. The number of rotatable bonds is 2. The molecule has 0 saturated heterocycles. The summed E-state index contributed by atoms with van der Waals surface area (Å²) in [5.74, 6) is -2.08. The molecule has 2 nitrogen and oxygen atoms in total. The first kappa shape index (κ1) is 13.2. The molecule has 0 heterocycles. The van der Waals surface area contributed by atoms with Gasteiger partial charge in [0.1, 0.15) is 11.6 Å². The average molecular weight is 261 g/mol. The van der Waals surface area contributed by atoms with Crippen molar-refractivity contribution in [2.45, 2.75) is 13.8 Å². The van der Waals surface area contributed by atoms with Gasteiger partial charge in [0.05, 0.1) is 0 Å². The monoisotopic (exact) mass is 261 g/mol. The molecule has 19 heavy (non-hydrogen) atoms. The lowest BCUT2D eigenvalue weighted by Gasteiger charge is -2.09. The van der Waals surface area contributed by atoms with Crippen LogP contribution in [0.25, 0.3) is 0 Å². The summed E-state index contributed by atoms with van der Waals surface area (Å²) in [4.78, 5) is 11.9. The van der Waals surface area contributed by atoms with Gasteiger partial charge >= 0.3 is 0 Å². The van der Waals surface area contributed by atoms with Crippen LogP contribution in [0.4, 0.5) is 14.5 Å². The zero-order valence-corrected chi connectivity index (χ0v) is 10.6. The standard InChI is InChI=1S/C15H13F2NO/c1-9-3-4-14(10(2)5-9)18-15(19)11-6-12(16)8-13(17)7-11/h3-8H,1-2H3,(H,18,19). The van der Waals surface area contributed by atoms with E-state index in [-0.39, 0.29) is 5.56 Å². The Hall–Kier alpha value is -2.23. The maximum absolute atomic E-state index is 13.0. The van der Waals surface area contributed by atoms with Crippen molar-refractivity contribution in [1.29, 1.82) is 0 Å². The first-order valence-electron chi connectivity index (χ1n) is 5.80. The lowest BCUT2D eigenvalue weighted by atomic mass is 10.1. The SMILES string of the molecule is Cc1ccc(NC(=O)c2cc(F)cc(F)c2)c(C)c1. The Bertz CT molecular complexity index is 618. The number of hydrogen-bond acceptors (Lipinski definition) is 1. The first-order chi connectivity index (χ1) is 8.95. The Labute approximate surface area is 110 Å². The fourth-order valence-electron chi connectivity index (χ4n) is 1.83. The van der Waals surface area contributed by atoms with Crippen LogP contribution in [0.1, 0.15) is 21.5 Å². The number of amides is 1. The molecule has 0 atom stereocenters. The van der Waals surface area contributed by atoms with Crippen molar-refractivity contribution in [3.05, 3.63) is 64.7 Å². The lowest BCUT2D eigenvalue weighted by molar-refractivity contribution is 0.102. The molecule has 0 unspecified atom stereocenters. The van der Waals surface area contributed by atoms with Gasteiger partial charge < -0.3 is 5.32 Å². The molecule has 0 radical (unpaired) electrons. The van der Waals surface area contributed by atoms with Crippen molar-refractivity contribution in [1.82, 2.24) is 0 Å². The molecule has 0 bridgehead atoms. The van der Waals surface area contributed by atoms with Crippen molar-refractivity contribution in [2.75, 3.05) is 5.32 Å². The molecule has 2 rings (SSSR count). The molecule has 1 amide bonds. The highest BCUT2D eigenvalue weighted by Crippen LogP contribution is 2.17. The van der Waals surface area contributed by atoms with Crippen LogP contribution in [-0.4, -0.2) is 5.91 Å². The van der Waals surface area contributed by atoms with Crippen LogP contribution in [0.2, 0.25) is 0 Å². The Kier molecular flexibility index (Phi) is 3.60. The van der Waals surface area contributed by atoms with Gasteiger partial charge in [0.2, 0.25) is 0 Å². The van der Waals surface area contributed by atoms with Crippen LogP contribution in [0.3, 0.4) is 0 Å². The zero-order valence-electron chi connectivity index (χ0n) is 10.6. The predicted molar refractivity (Wildman–Crippen MR) is 70.2 cm³/mol. The van der Waals surface area contributed by atoms with E-state index in [0.717, 1.165) is 29.3 Å². The largest absolute Gasteiger partial charge is 0.322 e. The van der Waals surface area contributed by atoms with E-state index in [4.69, 9.17) is 0 Å². The highest BCUT2D eigenvalue weighted by molar-refractivity contribution is 6.04. The van der Waals surface area contributed by atoms with Crippen molar-refractivity contribution in [3.63, 3.8) is 0 Å². The molecule has 2 aromatic carbocycles. The molecule has 0 saturated carbocycles. The molecule has 1 N–H and O–H groups in total. The van der Waals surface area contributed by atoms with Gasteiger partial charge in [-0.25, -0.2) is 8.78 Å². The number of halogens is 2. The second kappa shape index (κ2) is 5.18. The molecular formula is C15H13F2NO.